The molecule has 2 aliphatic heterocycles. The largest absolute Gasteiger partial charge is 0.573 e. The normalized spacial score (nSPS) is 17.9. The fraction of sp³-hybridized carbons (Fsp3) is 0.462. The van der Waals surface area contributed by atoms with Gasteiger partial charge in [-0.1, -0.05) is 12.1 Å². The number of benzene rings is 2. The van der Waals surface area contributed by atoms with Gasteiger partial charge in [0.25, 0.3) is 5.91 Å². The molecule has 2 aromatic carbocycles. The zero-order valence-electron chi connectivity index (χ0n) is 20.8. The molecule has 0 bridgehead atoms. The van der Waals surface area contributed by atoms with E-state index in [1.807, 2.05) is 4.90 Å². The van der Waals surface area contributed by atoms with Crippen LogP contribution in [0.5, 0.6) is 11.5 Å². The zero-order chi connectivity index (χ0) is 28.6. The lowest BCUT2D eigenvalue weighted by molar-refractivity contribution is -0.274. The summed E-state index contributed by atoms with van der Waals surface area (Å²) >= 11 is 0. The molecule has 2 aromatic rings. The number of halogens is 6. The summed E-state index contributed by atoms with van der Waals surface area (Å²) in [4.78, 5) is 26.4. The number of aliphatic carboxylic acids is 1. The van der Waals surface area contributed by atoms with Crippen molar-refractivity contribution < 1.29 is 50.5 Å². The van der Waals surface area contributed by atoms with Crippen molar-refractivity contribution >= 4 is 11.9 Å². The van der Waals surface area contributed by atoms with Crippen LogP contribution in [-0.4, -0.2) is 71.5 Å². The van der Waals surface area contributed by atoms with E-state index in [0.717, 1.165) is 39.0 Å². The Morgan fingerprint density at radius 2 is 1.54 bits per heavy atom. The number of carbonyl (C=O) groups excluding carboxylic acids is 1. The summed E-state index contributed by atoms with van der Waals surface area (Å²) in [7, 11) is 0. The standard InChI is InChI=1S/C24H27F3N2O3.C2HF3O2/c25-24(26,27)32-22-7-3-5-18(15-22)17-31-21-10-8-19(9-11-21)23(30)29-14-4-6-20(29)16-28-12-1-2-13-28;3-2(4,5)1(6)7/h3,5,7-11,15,20H,1-2,4,6,12-14,16-17H2;(H,6,7)/t20-;/m0./s1. The van der Waals surface area contributed by atoms with Gasteiger partial charge in [-0.2, -0.15) is 13.2 Å². The SMILES string of the molecule is O=C(O)C(F)(F)F.O=C(c1ccc(OCc2cccc(OC(F)(F)F)c2)cc1)N1CCC[C@H]1CN1CCCC1. The molecule has 1 amide bonds. The predicted octanol–water partition coefficient (Wildman–Crippen LogP) is 5.50. The van der Waals surface area contributed by atoms with Crippen molar-refractivity contribution in [1.82, 2.24) is 9.80 Å². The van der Waals surface area contributed by atoms with Gasteiger partial charge in [-0.25, -0.2) is 4.79 Å². The summed E-state index contributed by atoms with van der Waals surface area (Å²) < 4.78 is 78.5. The van der Waals surface area contributed by atoms with E-state index < -0.39 is 18.5 Å². The third kappa shape index (κ3) is 9.65. The fourth-order valence-corrected chi connectivity index (χ4v) is 4.41. The number of likely N-dealkylation sites (tertiary alicyclic amines) is 2. The number of amides is 1. The predicted molar refractivity (Wildman–Crippen MR) is 127 cm³/mol. The highest BCUT2D eigenvalue weighted by Crippen LogP contribution is 2.25. The summed E-state index contributed by atoms with van der Waals surface area (Å²) in [5, 5.41) is 7.12. The van der Waals surface area contributed by atoms with Crippen LogP contribution in [0.25, 0.3) is 0 Å². The molecule has 7 nitrogen and oxygen atoms in total. The Morgan fingerprint density at radius 3 is 2.13 bits per heavy atom. The quantitative estimate of drug-likeness (QED) is 0.450. The smallest absolute Gasteiger partial charge is 0.489 e. The first kappa shape index (κ1) is 30.1. The molecule has 2 fully saturated rings. The van der Waals surface area contributed by atoms with E-state index in [2.05, 4.69) is 9.64 Å². The van der Waals surface area contributed by atoms with E-state index in [0.29, 0.717) is 16.9 Å². The molecular formula is C26H28F6N2O5. The molecule has 1 N–H and O–H groups in total. The summed E-state index contributed by atoms with van der Waals surface area (Å²) in [5.41, 5.74) is 1.17. The summed E-state index contributed by atoms with van der Waals surface area (Å²) in [6, 6.07) is 12.9. The van der Waals surface area contributed by atoms with Crippen LogP contribution in [0.3, 0.4) is 0 Å². The summed E-state index contributed by atoms with van der Waals surface area (Å²) in [6.45, 7) is 4.06. The maximum Gasteiger partial charge on any atom is 0.573 e. The molecule has 0 aliphatic carbocycles. The Hall–Kier alpha value is -3.48. The third-order valence-electron chi connectivity index (χ3n) is 6.19. The van der Waals surface area contributed by atoms with Crippen molar-refractivity contribution in [2.75, 3.05) is 26.2 Å². The lowest BCUT2D eigenvalue weighted by atomic mass is 10.1. The average molecular weight is 563 g/mol. The lowest BCUT2D eigenvalue weighted by Gasteiger charge is -2.28. The Labute approximate surface area is 220 Å². The van der Waals surface area contributed by atoms with Crippen LogP contribution in [0, 0.1) is 0 Å². The van der Waals surface area contributed by atoms with E-state index in [1.54, 1.807) is 30.3 Å². The van der Waals surface area contributed by atoms with Gasteiger partial charge in [0.2, 0.25) is 0 Å². The van der Waals surface area contributed by atoms with E-state index in [9.17, 15) is 31.1 Å². The van der Waals surface area contributed by atoms with Crippen molar-refractivity contribution in [2.45, 2.75) is 50.9 Å². The monoisotopic (exact) mass is 562 g/mol. The first-order valence-electron chi connectivity index (χ1n) is 12.2. The second-order valence-corrected chi connectivity index (χ2v) is 9.11. The van der Waals surface area contributed by atoms with Crippen LogP contribution in [0.15, 0.2) is 48.5 Å². The van der Waals surface area contributed by atoms with Crippen molar-refractivity contribution in [2.24, 2.45) is 0 Å². The molecular weight excluding hydrogens is 534 g/mol. The van der Waals surface area contributed by atoms with E-state index in [1.165, 1.54) is 31.0 Å². The lowest BCUT2D eigenvalue weighted by Crippen LogP contribution is -2.42. The molecule has 2 aliphatic rings. The fourth-order valence-electron chi connectivity index (χ4n) is 4.41. The number of nitrogens with zero attached hydrogens (tertiary/aromatic N) is 2. The van der Waals surface area contributed by atoms with Crippen LogP contribution in [0.1, 0.15) is 41.6 Å². The molecule has 2 heterocycles. The number of hydrogen-bond acceptors (Lipinski definition) is 5. The Morgan fingerprint density at radius 1 is 0.897 bits per heavy atom. The minimum atomic E-state index is -5.08. The first-order chi connectivity index (χ1) is 18.3. The van der Waals surface area contributed by atoms with Crippen LogP contribution >= 0.6 is 0 Å². The number of hydrogen-bond donors (Lipinski definition) is 1. The molecule has 13 heteroatoms. The van der Waals surface area contributed by atoms with Crippen molar-refractivity contribution in [3.63, 3.8) is 0 Å². The van der Waals surface area contributed by atoms with Gasteiger partial charge in [-0.05, 0) is 80.7 Å². The number of carbonyl (C=O) groups is 2. The Balaban J connectivity index is 0.000000532. The van der Waals surface area contributed by atoms with E-state index >= 15 is 0 Å². The van der Waals surface area contributed by atoms with E-state index in [-0.39, 0.29) is 24.3 Å². The minimum Gasteiger partial charge on any atom is -0.489 e. The number of carboxylic acids is 1. The molecule has 0 saturated carbocycles. The minimum absolute atomic E-state index is 0.0373. The van der Waals surface area contributed by atoms with Gasteiger partial charge >= 0.3 is 18.5 Å². The van der Waals surface area contributed by atoms with Crippen LogP contribution < -0.4 is 9.47 Å². The highest BCUT2D eigenvalue weighted by Gasteiger charge is 2.38. The topological polar surface area (TPSA) is 79.3 Å². The molecule has 0 spiro atoms. The summed E-state index contributed by atoms with van der Waals surface area (Å²) in [5.74, 6) is -2.46. The van der Waals surface area contributed by atoms with E-state index in [4.69, 9.17) is 14.6 Å². The van der Waals surface area contributed by atoms with Crippen LogP contribution in [0.4, 0.5) is 26.3 Å². The van der Waals surface area contributed by atoms with Gasteiger partial charge in [0, 0.05) is 24.7 Å². The third-order valence-corrected chi connectivity index (χ3v) is 6.19. The number of carboxylic acid groups (broad SMARTS) is 1. The van der Waals surface area contributed by atoms with Gasteiger partial charge < -0.3 is 24.4 Å². The molecule has 214 valence electrons. The zero-order valence-corrected chi connectivity index (χ0v) is 20.8. The van der Waals surface area contributed by atoms with Gasteiger partial charge in [0.05, 0.1) is 0 Å². The van der Waals surface area contributed by atoms with Crippen molar-refractivity contribution in [3.05, 3.63) is 59.7 Å². The number of rotatable bonds is 7. The second-order valence-electron chi connectivity index (χ2n) is 9.11. The Bertz CT molecular complexity index is 1100. The molecule has 0 radical (unpaired) electrons. The molecule has 0 unspecified atom stereocenters. The van der Waals surface area contributed by atoms with Crippen LogP contribution in [-0.2, 0) is 11.4 Å². The highest BCUT2D eigenvalue weighted by molar-refractivity contribution is 5.94. The first-order valence-corrected chi connectivity index (χ1v) is 12.2. The van der Waals surface area contributed by atoms with Gasteiger partial charge in [0.15, 0.2) is 0 Å². The van der Waals surface area contributed by atoms with Crippen LogP contribution in [0.2, 0.25) is 0 Å². The van der Waals surface area contributed by atoms with Crippen molar-refractivity contribution in [1.29, 1.82) is 0 Å². The molecule has 0 aromatic heterocycles. The van der Waals surface area contributed by atoms with Gasteiger partial charge in [-0.15, -0.1) is 13.2 Å². The van der Waals surface area contributed by atoms with Crippen molar-refractivity contribution in [3.8, 4) is 11.5 Å². The second kappa shape index (κ2) is 13.0. The summed E-state index contributed by atoms with van der Waals surface area (Å²) in [6.07, 6.45) is -5.27. The maximum atomic E-state index is 13.0. The highest BCUT2D eigenvalue weighted by atomic mass is 19.4. The molecule has 39 heavy (non-hydrogen) atoms. The molecule has 4 rings (SSSR count). The maximum absolute atomic E-state index is 13.0. The van der Waals surface area contributed by atoms with Gasteiger partial charge in [0.1, 0.15) is 18.1 Å². The molecule has 2 saturated heterocycles. The molecule has 1 atom stereocenters. The van der Waals surface area contributed by atoms with Gasteiger partial charge in [-0.3, -0.25) is 4.79 Å². The number of ether oxygens (including phenoxy) is 2. The average Bonchev–Trinajstić information content (AvgIpc) is 3.54. The number of alkyl halides is 6. The Kier molecular flexibility index (Phi) is 10.1.